The van der Waals surface area contributed by atoms with Crippen molar-refractivity contribution >= 4 is 28.5 Å². The van der Waals surface area contributed by atoms with E-state index in [-0.39, 0.29) is 30.2 Å². The predicted octanol–water partition coefficient (Wildman–Crippen LogP) is 4.75. The number of aromatic nitrogens is 3. The maximum Gasteiger partial charge on any atom is 0.223 e. The summed E-state index contributed by atoms with van der Waals surface area (Å²) >= 11 is 6.69. The molecule has 3 saturated heterocycles. The maximum atomic E-state index is 13.9. The molecule has 0 aliphatic carbocycles. The van der Waals surface area contributed by atoms with Crippen molar-refractivity contribution in [1.29, 1.82) is 0 Å². The van der Waals surface area contributed by atoms with Crippen LogP contribution in [0.15, 0.2) is 23.1 Å². The molecule has 5 heterocycles. The standard InChI is InChI=1S/C32H42ClN5O4/c1-17(2)38-27(15-37-20-6-5-7-21(37)13-22(39)12-20)19(4)31(41)24-9-8-23(18(3)30(24)38)29-25(33)14-34-32(36-29)35-26-10-11-42-16-28(26)40/h8-9,14,17,20-22,26,28,39-40H,5-7,10-13,15-16H2,1-4H3,(H,34,35,36)/t20?,21?,22?,26-,28-/m1/s1. The van der Waals surface area contributed by atoms with Crippen LogP contribution >= 0.6 is 11.6 Å². The summed E-state index contributed by atoms with van der Waals surface area (Å²) in [5, 5.41) is 25.2. The van der Waals surface area contributed by atoms with Gasteiger partial charge in [-0.2, -0.15) is 0 Å². The maximum absolute atomic E-state index is 13.9. The fraction of sp³-hybridized carbons (Fsp3) is 0.594. The number of halogens is 1. The van der Waals surface area contributed by atoms with Gasteiger partial charge in [0.1, 0.15) is 0 Å². The number of piperidine rings is 2. The Bertz CT molecular complexity index is 1530. The first-order valence-electron chi connectivity index (χ1n) is 15.3. The van der Waals surface area contributed by atoms with Crippen LogP contribution in [0.2, 0.25) is 5.02 Å². The number of rotatable bonds is 6. The minimum absolute atomic E-state index is 0.0541. The number of aliphatic hydroxyl groups is 2. The van der Waals surface area contributed by atoms with Gasteiger partial charge in [0.2, 0.25) is 5.95 Å². The molecule has 2 unspecified atom stereocenters. The number of hydrogen-bond acceptors (Lipinski definition) is 8. The number of aliphatic hydroxyl groups excluding tert-OH is 2. The second kappa shape index (κ2) is 11.8. The van der Waals surface area contributed by atoms with Crippen molar-refractivity contribution in [1.82, 2.24) is 19.4 Å². The lowest BCUT2D eigenvalue weighted by molar-refractivity contribution is -0.0325. The van der Waals surface area contributed by atoms with Gasteiger partial charge in [0, 0.05) is 53.5 Å². The summed E-state index contributed by atoms with van der Waals surface area (Å²) in [6.07, 6.45) is 6.31. The summed E-state index contributed by atoms with van der Waals surface area (Å²) in [5.41, 5.74) is 5.14. The molecule has 4 atom stereocenters. The Morgan fingerprint density at radius 2 is 1.86 bits per heavy atom. The fourth-order valence-electron chi connectivity index (χ4n) is 7.43. The minimum Gasteiger partial charge on any atom is -0.393 e. The molecule has 2 aromatic heterocycles. The number of benzene rings is 1. The third-order valence-electron chi connectivity index (χ3n) is 9.57. The smallest absolute Gasteiger partial charge is 0.223 e. The molecule has 1 aromatic carbocycles. The molecule has 10 heteroatoms. The second-order valence-corrected chi connectivity index (χ2v) is 13.0. The SMILES string of the molecule is Cc1c(CN2C3CCCC2CC(O)C3)n(C(C)C)c2c(C)c(-c3nc(N[C@@H]4CCOC[C@H]4O)ncc3Cl)ccc2c1=O. The van der Waals surface area contributed by atoms with E-state index >= 15 is 0 Å². The molecule has 9 nitrogen and oxygen atoms in total. The molecular formula is C32H42ClN5O4. The zero-order valence-corrected chi connectivity index (χ0v) is 25.7. The molecule has 0 saturated carbocycles. The number of aryl methyl sites for hydroxylation is 1. The molecule has 0 spiro atoms. The third kappa shape index (κ3) is 5.35. The highest BCUT2D eigenvalue weighted by atomic mass is 35.5. The van der Waals surface area contributed by atoms with Gasteiger partial charge in [0.25, 0.3) is 0 Å². The first-order valence-corrected chi connectivity index (χ1v) is 15.7. The van der Waals surface area contributed by atoms with Crippen molar-refractivity contribution in [3.63, 3.8) is 0 Å². The molecule has 3 aliphatic heterocycles. The van der Waals surface area contributed by atoms with Gasteiger partial charge in [0.15, 0.2) is 5.43 Å². The topological polar surface area (TPSA) is 113 Å². The van der Waals surface area contributed by atoms with E-state index in [0.717, 1.165) is 53.6 Å². The molecular weight excluding hydrogens is 554 g/mol. The number of ether oxygens (including phenoxy) is 1. The highest BCUT2D eigenvalue weighted by Gasteiger charge is 2.38. The predicted molar refractivity (Wildman–Crippen MR) is 165 cm³/mol. The number of fused-ring (bicyclic) bond motifs is 3. The molecule has 226 valence electrons. The van der Waals surface area contributed by atoms with Crippen LogP contribution in [0.5, 0.6) is 0 Å². The molecule has 3 aliphatic rings. The van der Waals surface area contributed by atoms with Gasteiger partial charge < -0.3 is 24.8 Å². The van der Waals surface area contributed by atoms with Gasteiger partial charge in [-0.05, 0) is 71.4 Å². The number of hydrogen-bond donors (Lipinski definition) is 3. The van der Waals surface area contributed by atoms with E-state index in [2.05, 4.69) is 33.6 Å². The highest BCUT2D eigenvalue weighted by Crippen LogP contribution is 2.38. The first kappa shape index (κ1) is 29.5. The van der Waals surface area contributed by atoms with Crippen LogP contribution in [0.1, 0.15) is 75.2 Å². The van der Waals surface area contributed by atoms with E-state index in [9.17, 15) is 15.0 Å². The minimum atomic E-state index is -0.645. The lowest BCUT2D eigenvalue weighted by Crippen LogP contribution is -2.53. The van der Waals surface area contributed by atoms with Crippen molar-refractivity contribution in [2.45, 2.75) is 109 Å². The zero-order chi connectivity index (χ0) is 29.7. The van der Waals surface area contributed by atoms with Crippen molar-refractivity contribution < 1.29 is 14.9 Å². The summed E-state index contributed by atoms with van der Waals surface area (Å²) in [6, 6.07) is 4.41. The summed E-state index contributed by atoms with van der Waals surface area (Å²) in [4.78, 5) is 25.6. The van der Waals surface area contributed by atoms with Crippen molar-refractivity contribution in [3.8, 4) is 11.3 Å². The Hall–Kier alpha value is -2.56. The van der Waals surface area contributed by atoms with Crippen LogP contribution in [0.25, 0.3) is 22.2 Å². The molecule has 0 amide bonds. The Morgan fingerprint density at radius 3 is 2.55 bits per heavy atom. The number of nitrogens with zero attached hydrogens (tertiary/aromatic N) is 4. The Morgan fingerprint density at radius 1 is 1.12 bits per heavy atom. The van der Waals surface area contributed by atoms with Crippen LogP contribution in [0.3, 0.4) is 0 Å². The number of anilines is 1. The lowest BCUT2D eigenvalue weighted by atomic mass is 9.82. The van der Waals surface area contributed by atoms with Crippen LogP contribution in [-0.4, -0.2) is 73.2 Å². The number of nitrogens with one attached hydrogen (secondary N) is 1. The van der Waals surface area contributed by atoms with Gasteiger partial charge in [-0.1, -0.05) is 24.1 Å². The quantitative estimate of drug-likeness (QED) is 0.374. The zero-order valence-electron chi connectivity index (χ0n) is 24.9. The Labute approximate surface area is 251 Å². The first-order chi connectivity index (χ1) is 20.1. The molecule has 42 heavy (non-hydrogen) atoms. The van der Waals surface area contributed by atoms with Crippen LogP contribution < -0.4 is 10.7 Å². The normalized spacial score (nSPS) is 26.6. The summed E-state index contributed by atoms with van der Waals surface area (Å²) in [5.74, 6) is 0.393. The van der Waals surface area contributed by atoms with Gasteiger partial charge in [-0.3, -0.25) is 9.69 Å². The van der Waals surface area contributed by atoms with Gasteiger partial charge >= 0.3 is 0 Å². The monoisotopic (exact) mass is 595 g/mol. The van der Waals surface area contributed by atoms with E-state index in [0.29, 0.717) is 53.7 Å². The Balaban J connectivity index is 1.45. The number of pyridine rings is 1. The fourth-order valence-corrected chi connectivity index (χ4v) is 7.62. The van der Waals surface area contributed by atoms with Crippen LogP contribution in [0, 0.1) is 13.8 Å². The van der Waals surface area contributed by atoms with Gasteiger partial charge in [-0.25, -0.2) is 9.97 Å². The van der Waals surface area contributed by atoms with E-state index in [4.69, 9.17) is 21.3 Å². The van der Waals surface area contributed by atoms with Crippen LogP contribution in [0.4, 0.5) is 5.95 Å². The van der Waals surface area contributed by atoms with E-state index < -0.39 is 6.10 Å². The molecule has 3 fully saturated rings. The van der Waals surface area contributed by atoms with E-state index in [1.54, 1.807) is 6.20 Å². The Kier molecular flexibility index (Phi) is 8.32. The summed E-state index contributed by atoms with van der Waals surface area (Å²) < 4.78 is 7.69. The van der Waals surface area contributed by atoms with Gasteiger partial charge in [-0.15, -0.1) is 0 Å². The average Bonchev–Trinajstić information content (AvgIpc) is 2.94. The van der Waals surface area contributed by atoms with E-state index in [1.165, 1.54) is 6.42 Å². The molecule has 2 bridgehead atoms. The summed E-state index contributed by atoms with van der Waals surface area (Å²) in [6.45, 7) is 9.85. The second-order valence-electron chi connectivity index (χ2n) is 12.6. The average molecular weight is 596 g/mol. The van der Waals surface area contributed by atoms with Crippen molar-refractivity contribution in [2.75, 3.05) is 18.5 Å². The third-order valence-corrected chi connectivity index (χ3v) is 9.85. The van der Waals surface area contributed by atoms with Crippen molar-refractivity contribution in [2.24, 2.45) is 0 Å². The molecule has 6 rings (SSSR count). The highest BCUT2D eigenvalue weighted by molar-refractivity contribution is 6.33. The molecule has 0 radical (unpaired) electrons. The van der Waals surface area contributed by atoms with Crippen molar-refractivity contribution in [3.05, 3.63) is 50.4 Å². The van der Waals surface area contributed by atoms with E-state index in [1.807, 2.05) is 26.0 Å². The van der Waals surface area contributed by atoms with Crippen LogP contribution in [-0.2, 0) is 11.3 Å². The molecule has 3 N–H and O–H groups in total. The van der Waals surface area contributed by atoms with Gasteiger partial charge in [0.05, 0.1) is 47.3 Å². The summed E-state index contributed by atoms with van der Waals surface area (Å²) in [7, 11) is 0. The largest absolute Gasteiger partial charge is 0.393 e. The molecule has 3 aromatic rings. The lowest BCUT2D eigenvalue weighted by Gasteiger charge is -2.48.